The summed E-state index contributed by atoms with van der Waals surface area (Å²) in [4.78, 5) is 12.0. The maximum atomic E-state index is 12.0. The van der Waals surface area contributed by atoms with E-state index in [4.69, 9.17) is 9.15 Å². The van der Waals surface area contributed by atoms with Crippen LogP contribution in [0.4, 0.5) is 0 Å². The summed E-state index contributed by atoms with van der Waals surface area (Å²) < 4.78 is 12.3. The molecule has 23 heavy (non-hydrogen) atoms. The Morgan fingerprint density at radius 3 is 2.83 bits per heavy atom. The molecule has 118 valence electrons. The first-order chi connectivity index (χ1) is 11.1. The second-order valence-electron chi connectivity index (χ2n) is 5.22. The molecule has 4 nitrogen and oxygen atoms in total. The van der Waals surface area contributed by atoms with E-state index in [9.17, 15) is 4.79 Å². The number of nitrogens with one attached hydrogen (secondary N) is 1. The fourth-order valence-corrected chi connectivity index (χ4v) is 2.79. The SMILES string of the molecule is C[C@@H](NC(=O)COc1cccc(I)c1)c1cc2ccccc2o1. The molecule has 0 spiro atoms. The van der Waals surface area contributed by atoms with Gasteiger partial charge in [-0.15, -0.1) is 0 Å². The molecule has 5 heteroatoms. The van der Waals surface area contributed by atoms with Crippen LogP contribution in [-0.2, 0) is 4.79 Å². The molecule has 0 radical (unpaired) electrons. The van der Waals surface area contributed by atoms with E-state index in [-0.39, 0.29) is 18.6 Å². The number of hydrogen-bond donors (Lipinski definition) is 1. The van der Waals surface area contributed by atoms with Crippen LogP contribution in [0.3, 0.4) is 0 Å². The van der Waals surface area contributed by atoms with Gasteiger partial charge < -0.3 is 14.5 Å². The maximum Gasteiger partial charge on any atom is 0.258 e. The molecule has 3 aromatic rings. The Labute approximate surface area is 148 Å². The molecule has 1 amide bonds. The molecule has 0 saturated carbocycles. The van der Waals surface area contributed by atoms with E-state index >= 15 is 0 Å². The smallest absolute Gasteiger partial charge is 0.258 e. The van der Waals surface area contributed by atoms with Crippen LogP contribution in [0.15, 0.2) is 59.0 Å². The van der Waals surface area contributed by atoms with Gasteiger partial charge in [0, 0.05) is 8.96 Å². The molecule has 0 aliphatic heterocycles. The largest absolute Gasteiger partial charge is 0.484 e. The summed E-state index contributed by atoms with van der Waals surface area (Å²) in [6.45, 7) is 1.87. The van der Waals surface area contributed by atoms with E-state index in [2.05, 4.69) is 27.9 Å². The Hall–Kier alpha value is -2.02. The Balaban J connectivity index is 1.58. The highest BCUT2D eigenvalue weighted by atomic mass is 127. The minimum Gasteiger partial charge on any atom is -0.484 e. The lowest BCUT2D eigenvalue weighted by Gasteiger charge is -2.12. The van der Waals surface area contributed by atoms with Gasteiger partial charge in [0.05, 0.1) is 6.04 Å². The van der Waals surface area contributed by atoms with Gasteiger partial charge in [-0.2, -0.15) is 0 Å². The number of para-hydroxylation sites is 1. The zero-order valence-electron chi connectivity index (χ0n) is 12.6. The second kappa shape index (κ2) is 7.04. The number of furan rings is 1. The molecule has 0 fully saturated rings. The number of halogens is 1. The fraction of sp³-hybridized carbons (Fsp3) is 0.167. The van der Waals surface area contributed by atoms with Crippen molar-refractivity contribution in [2.24, 2.45) is 0 Å². The third-order valence-corrected chi connectivity index (χ3v) is 4.09. The van der Waals surface area contributed by atoms with Crippen molar-refractivity contribution >= 4 is 39.5 Å². The Kier molecular flexibility index (Phi) is 4.85. The average molecular weight is 421 g/mol. The van der Waals surface area contributed by atoms with Gasteiger partial charge in [-0.05, 0) is 59.8 Å². The number of amides is 1. The first-order valence-electron chi connectivity index (χ1n) is 7.28. The van der Waals surface area contributed by atoms with Crippen LogP contribution in [0.25, 0.3) is 11.0 Å². The Morgan fingerprint density at radius 1 is 1.22 bits per heavy atom. The van der Waals surface area contributed by atoms with Crippen LogP contribution < -0.4 is 10.1 Å². The van der Waals surface area contributed by atoms with Gasteiger partial charge in [0.25, 0.3) is 5.91 Å². The van der Waals surface area contributed by atoms with Crippen molar-refractivity contribution < 1.29 is 13.9 Å². The molecular formula is C18H16INO3. The number of benzene rings is 2. The molecule has 3 rings (SSSR count). The summed E-state index contributed by atoms with van der Waals surface area (Å²) >= 11 is 2.20. The molecule has 2 aromatic carbocycles. The van der Waals surface area contributed by atoms with Crippen LogP contribution in [0.5, 0.6) is 5.75 Å². The second-order valence-corrected chi connectivity index (χ2v) is 6.47. The molecule has 0 bridgehead atoms. The van der Waals surface area contributed by atoms with Gasteiger partial charge in [-0.3, -0.25) is 4.79 Å². The topological polar surface area (TPSA) is 51.5 Å². The Bertz CT molecular complexity index is 795. The molecule has 0 aliphatic carbocycles. The van der Waals surface area contributed by atoms with Gasteiger partial charge in [0.2, 0.25) is 0 Å². The van der Waals surface area contributed by atoms with Crippen molar-refractivity contribution in [3.8, 4) is 5.75 Å². The average Bonchev–Trinajstić information content (AvgIpc) is 2.97. The zero-order valence-corrected chi connectivity index (χ0v) is 14.7. The predicted octanol–water partition coefficient (Wildman–Crippen LogP) is 4.29. The number of fused-ring (bicyclic) bond motifs is 1. The normalized spacial score (nSPS) is 12.1. The molecule has 1 atom stereocenters. The number of ether oxygens (including phenoxy) is 1. The number of rotatable bonds is 5. The van der Waals surface area contributed by atoms with Gasteiger partial charge in [-0.1, -0.05) is 24.3 Å². The lowest BCUT2D eigenvalue weighted by Crippen LogP contribution is -2.31. The quantitative estimate of drug-likeness (QED) is 0.626. The highest BCUT2D eigenvalue weighted by Crippen LogP contribution is 2.23. The molecule has 0 unspecified atom stereocenters. The van der Waals surface area contributed by atoms with E-state index in [1.807, 2.05) is 61.5 Å². The van der Waals surface area contributed by atoms with Crippen LogP contribution >= 0.6 is 22.6 Å². The first-order valence-corrected chi connectivity index (χ1v) is 8.36. The highest BCUT2D eigenvalue weighted by molar-refractivity contribution is 14.1. The molecule has 1 aromatic heterocycles. The standard InChI is InChI=1S/C18H16INO3/c1-12(17-9-13-5-2-3-8-16(13)23-17)20-18(21)11-22-15-7-4-6-14(19)10-15/h2-10,12H,11H2,1H3,(H,20,21)/t12-/m1/s1. The van der Waals surface area contributed by atoms with E-state index in [1.165, 1.54) is 0 Å². The summed E-state index contributed by atoms with van der Waals surface area (Å²) in [6.07, 6.45) is 0. The third kappa shape index (κ3) is 4.04. The molecule has 0 aliphatic rings. The first kappa shape index (κ1) is 15.9. The van der Waals surface area contributed by atoms with Gasteiger partial charge in [-0.25, -0.2) is 0 Å². The Morgan fingerprint density at radius 2 is 2.04 bits per heavy atom. The van der Waals surface area contributed by atoms with Crippen LogP contribution in [0.2, 0.25) is 0 Å². The van der Waals surface area contributed by atoms with E-state index < -0.39 is 0 Å². The van der Waals surface area contributed by atoms with Crippen molar-refractivity contribution in [1.82, 2.24) is 5.32 Å². The minimum absolute atomic E-state index is 0.0232. The monoisotopic (exact) mass is 421 g/mol. The lowest BCUT2D eigenvalue weighted by molar-refractivity contribution is -0.123. The van der Waals surface area contributed by atoms with Crippen LogP contribution in [-0.4, -0.2) is 12.5 Å². The lowest BCUT2D eigenvalue weighted by atomic mass is 10.2. The molecule has 0 saturated heterocycles. The van der Waals surface area contributed by atoms with Crippen molar-refractivity contribution in [1.29, 1.82) is 0 Å². The van der Waals surface area contributed by atoms with Crippen LogP contribution in [0, 0.1) is 3.57 Å². The summed E-state index contributed by atoms with van der Waals surface area (Å²) in [6, 6.07) is 17.1. The fourth-order valence-electron chi connectivity index (χ4n) is 2.28. The third-order valence-electron chi connectivity index (χ3n) is 3.41. The minimum atomic E-state index is -0.214. The number of hydrogen-bond acceptors (Lipinski definition) is 3. The van der Waals surface area contributed by atoms with Gasteiger partial charge in [0.1, 0.15) is 17.1 Å². The van der Waals surface area contributed by atoms with Crippen molar-refractivity contribution in [3.63, 3.8) is 0 Å². The highest BCUT2D eigenvalue weighted by Gasteiger charge is 2.14. The molecule has 1 heterocycles. The zero-order chi connectivity index (χ0) is 16.2. The number of carbonyl (C=O) groups is 1. The van der Waals surface area contributed by atoms with Crippen molar-refractivity contribution in [2.75, 3.05) is 6.61 Å². The van der Waals surface area contributed by atoms with E-state index in [0.717, 1.165) is 20.3 Å². The summed E-state index contributed by atoms with van der Waals surface area (Å²) in [5, 5.41) is 3.91. The van der Waals surface area contributed by atoms with Crippen molar-refractivity contribution in [2.45, 2.75) is 13.0 Å². The summed E-state index contributed by atoms with van der Waals surface area (Å²) in [7, 11) is 0. The molecular weight excluding hydrogens is 405 g/mol. The maximum absolute atomic E-state index is 12.0. The molecule has 1 N–H and O–H groups in total. The number of carbonyl (C=O) groups excluding carboxylic acids is 1. The van der Waals surface area contributed by atoms with Gasteiger partial charge >= 0.3 is 0 Å². The summed E-state index contributed by atoms with van der Waals surface area (Å²) in [5.41, 5.74) is 0.818. The van der Waals surface area contributed by atoms with Crippen LogP contribution in [0.1, 0.15) is 18.7 Å². The summed E-state index contributed by atoms with van der Waals surface area (Å²) in [5.74, 6) is 1.23. The predicted molar refractivity (Wildman–Crippen MR) is 97.4 cm³/mol. The van der Waals surface area contributed by atoms with Crippen molar-refractivity contribution in [3.05, 3.63) is 63.9 Å². The van der Waals surface area contributed by atoms with E-state index in [1.54, 1.807) is 0 Å². The van der Waals surface area contributed by atoms with E-state index in [0.29, 0.717) is 5.75 Å². The van der Waals surface area contributed by atoms with Gasteiger partial charge in [0.15, 0.2) is 6.61 Å².